The summed E-state index contributed by atoms with van der Waals surface area (Å²) in [6.45, 7) is 1.83. The van der Waals surface area contributed by atoms with Crippen LogP contribution in [-0.4, -0.2) is 32.2 Å². The fourth-order valence-electron chi connectivity index (χ4n) is 2.60. The Balaban J connectivity index is 0.00000288. The van der Waals surface area contributed by atoms with Crippen molar-refractivity contribution in [3.8, 4) is 0 Å². The summed E-state index contributed by atoms with van der Waals surface area (Å²) in [5, 5.41) is 3.03. The predicted octanol–water partition coefficient (Wildman–Crippen LogP) is 1.55. The first-order chi connectivity index (χ1) is 10.9. The van der Waals surface area contributed by atoms with Gasteiger partial charge in [0.05, 0.1) is 5.75 Å². The fraction of sp³-hybridized carbons (Fsp3) is 0.562. The maximum absolute atomic E-state index is 12.2. The molecule has 1 aliphatic rings. The second-order valence-corrected chi connectivity index (χ2v) is 8.10. The largest absolute Gasteiger partial charge is 0.349 e. The van der Waals surface area contributed by atoms with Gasteiger partial charge in [-0.15, -0.1) is 12.4 Å². The quantitative estimate of drug-likeness (QED) is 0.702. The van der Waals surface area contributed by atoms with Gasteiger partial charge in [0.1, 0.15) is 0 Å². The summed E-state index contributed by atoms with van der Waals surface area (Å²) >= 11 is 0. The number of carbonyl (C=O) groups is 1. The number of halogens is 1. The molecule has 0 aliphatic heterocycles. The molecule has 24 heavy (non-hydrogen) atoms. The van der Waals surface area contributed by atoms with Crippen LogP contribution in [0.3, 0.4) is 0 Å². The van der Waals surface area contributed by atoms with Gasteiger partial charge in [0.25, 0.3) is 5.91 Å². The minimum atomic E-state index is -3.21. The van der Waals surface area contributed by atoms with Crippen LogP contribution in [0, 0.1) is 0 Å². The lowest BCUT2D eigenvalue weighted by atomic mass is 9.91. The Morgan fingerprint density at radius 3 is 2.29 bits per heavy atom. The lowest BCUT2D eigenvalue weighted by molar-refractivity contribution is 0.0926. The standard InChI is InChI=1S/C16H25N3O3S.ClH/c1-2-23(21,22)18-11-12-3-5-13(6-4-12)16(20)19-15-9-7-14(17)8-10-15;/h3-6,14-15,18H,2,7-11,17H2,1H3,(H,19,20);1H. The Morgan fingerprint density at radius 2 is 1.75 bits per heavy atom. The van der Waals surface area contributed by atoms with Gasteiger partial charge in [-0.2, -0.15) is 0 Å². The molecule has 1 fully saturated rings. The summed E-state index contributed by atoms with van der Waals surface area (Å²) in [6.07, 6.45) is 3.73. The van der Waals surface area contributed by atoms with Crippen LogP contribution in [0.15, 0.2) is 24.3 Å². The Hall–Kier alpha value is -1.15. The molecule has 0 bridgehead atoms. The SMILES string of the molecule is CCS(=O)(=O)NCc1ccc(C(=O)NC2CCC(N)CC2)cc1.Cl. The van der Waals surface area contributed by atoms with E-state index >= 15 is 0 Å². The number of nitrogens with one attached hydrogen (secondary N) is 2. The van der Waals surface area contributed by atoms with Crippen LogP contribution in [0.5, 0.6) is 0 Å². The van der Waals surface area contributed by atoms with Gasteiger partial charge in [0.2, 0.25) is 10.0 Å². The van der Waals surface area contributed by atoms with Gasteiger partial charge in [-0.05, 0) is 50.3 Å². The van der Waals surface area contributed by atoms with Gasteiger partial charge >= 0.3 is 0 Å². The lowest BCUT2D eigenvalue weighted by Crippen LogP contribution is -2.40. The lowest BCUT2D eigenvalue weighted by Gasteiger charge is -2.26. The van der Waals surface area contributed by atoms with Crippen molar-refractivity contribution >= 4 is 28.3 Å². The summed E-state index contributed by atoms with van der Waals surface area (Å²) < 4.78 is 25.3. The van der Waals surface area contributed by atoms with E-state index in [-0.39, 0.29) is 42.7 Å². The van der Waals surface area contributed by atoms with Gasteiger partial charge in [0.15, 0.2) is 0 Å². The molecule has 2 rings (SSSR count). The highest BCUT2D eigenvalue weighted by atomic mass is 35.5. The van der Waals surface area contributed by atoms with Crippen molar-refractivity contribution in [2.24, 2.45) is 5.73 Å². The van der Waals surface area contributed by atoms with Gasteiger partial charge in [-0.1, -0.05) is 12.1 Å². The molecule has 0 atom stereocenters. The third kappa shape index (κ3) is 6.39. The highest BCUT2D eigenvalue weighted by Crippen LogP contribution is 2.17. The van der Waals surface area contributed by atoms with Gasteiger partial charge < -0.3 is 11.1 Å². The minimum Gasteiger partial charge on any atom is -0.349 e. The number of rotatable bonds is 6. The smallest absolute Gasteiger partial charge is 0.251 e. The number of sulfonamides is 1. The first-order valence-electron chi connectivity index (χ1n) is 8.02. The van der Waals surface area contributed by atoms with Crippen LogP contribution >= 0.6 is 12.4 Å². The summed E-state index contributed by atoms with van der Waals surface area (Å²) in [5.74, 6) is -0.0374. The van der Waals surface area contributed by atoms with Crippen molar-refractivity contribution in [1.82, 2.24) is 10.0 Å². The van der Waals surface area contributed by atoms with E-state index in [1.165, 1.54) is 0 Å². The van der Waals surface area contributed by atoms with E-state index in [1.54, 1.807) is 31.2 Å². The molecule has 4 N–H and O–H groups in total. The molecule has 0 spiro atoms. The van der Waals surface area contributed by atoms with E-state index in [0.29, 0.717) is 5.56 Å². The Morgan fingerprint density at radius 1 is 1.17 bits per heavy atom. The van der Waals surface area contributed by atoms with E-state index < -0.39 is 10.0 Å². The Kier molecular flexibility index (Phi) is 8.15. The van der Waals surface area contributed by atoms with Crippen LogP contribution in [-0.2, 0) is 16.6 Å². The predicted molar refractivity (Wildman–Crippen MR) is 97.7 cm³/mol. The maximum Gasteiger partial charge on any atom is 0.251 e. The van der Waals surface area contributed by atoms with Gasteiger partial charge in [0, 0.05) is 24.2 Å². The number of nitrogens with two attached hydrogens (primary N) is 1. The topological polar surface area (TPSA) is 101 Å². The average Bonchev–Trinajstić information content (AvgIpc) is 2.55. The Labute approximate surface area is 150 Å². The van der Waals surface area contributed by atoms with Crippen LogP contribution < -0.4 is 15.8 Å². The van der Waals surface area contributed by atoms with E-state index in [2.05, 4.69) is 10.0 Å². The molecule has 6 nitrogen and oxygen atoms in total. The van der Waals surface area contributed by atoms with Crippen molar-refractivity contribution in [3.05, 3.63) is 35.4 Å². The number of hydrogen-bond donors (Lipinski definition) is 3. The van der Waals surface area contributed by atoms with Crippen LogP contribution in [0.25, 0.3) is 0 Å². The normalized spacial score (nSPS) is 20.9. The average molecular weight is 376 g/mol. The molecule has 0 radical (unpaired) electrons. The first kappa shape index (κ1) is 20.9. The fourth-order valence-corrected chi connectivity index (χ4v) is 3.19. The number of amides is 1. The summed E-state index contributed by atoms with van der Waals surface area (Å²) in [7, 11) is -3.21. The van der Waals surface area contributed by atoms with Crippen molar-refractivity contribution in [2.75, 3.05) is 5.75 Å². The number of benzene rings is 1. The molecule has 136 valence electrons. The number of carbonyl (C=O) groups excluding carboxylic acids is 1. The molecular formula is C16H26ClN3O3S. The zero-order valence-corrected chi connectivity index (χ0v) is 15.5. The van der Waals surface area contributed by atoms with E-state index in [1.807, 2.05) is 0 Å². The zero-order valence-electron chi connectivity index (χ0n) is 13.8. The van der Waals surface area contributed by atoms with Crippen LogP contribution in [0.2, 0.25) is 0 Å². The first-order valence-corrected chi connectivity index (χ1v) is 9.67. The molecule has 0 saturated heterocycles. The third-order valence-corrected chi connectivity index (χ3v) is 5.54. The molecule has 8 heteroatoms. The summed E-state index contributed by atoms with van der Waals surface area (Å²) in [4.78, 5) is 12.2. The van der Waals surface area contributed by atoms with Crippen molar-refractivity contribution in [1.29, 1.82) is 0 Å². The van der Waals surface area contributed by atoms with Gasteiger partial charge in [-0.25, -0.2) is 13.1 Å². The summed E-state index contributed by atoms with van der Waals surface area (Å²) in [5.41, 5.74) is 7.27. The van der Waals surface area contributed by atoms with Crippen molar-refractivity contribution in [3.63, 3.8) is 0 Å². The number of hydrogen-bond acceptors (Lipinski definition) is 4. The summed E-state index contributed by atoms with van der Waals surface area (Å²) in [6, 6.07) is 7.43. The highest BCUT2D eigenvalue weighted by molar-refractivity contribution is 7.89. The molecule has 1 aromatic carbocycles. The highest BCUT2D eigenvalue weighted by Gasteiger charge is 2.20. The second kappa shape index (κ2) is 9.36. The zero-order chi connectivity index (χ0) is 16.9. The molecule has 1 amide bonds. The molecule has 1 aliphatic carbocycles. The maximum atomic E-state index is 12.2. The van der Waals surface area contributed by atoms with E-state index in [4.69, 9.17) is 5.73 Å². The second-order valence-electron chi connectivity index (χ2n) is 6.01. The monoisotopic (exact) mass is 375 g/mol. The van der Waals surface area contributed by atoms with E-state index in [0.717, 1.165) is 31.2 Å². The van der Waals surface area contributed by atoms with Crippen LogP contribution in [0.4, 0.5) is 0 Å². The van der Waals surface area contributed by atoms with Crippen molar-refractivity contribution in [2.45, 2.75) is 51.2 Å². The van der Waals surface area contributed by atoms with Gasteiger partial charge in [-0.3, -0.25) is 4.79 Å². The molecule has 0 aromatic heterocycles. The molecule has 1 saturated carbocycles. The van der Waals surface area contributed by atoms with Crippen LogP contribution in [0.1, 0.15) is 48.5 Å². The minimum absolute atomic E-state index is 0. The molecule has 1 aromatic rings. The third-order valence-electron chi connectivity index (χ3n) is 4.20. The molecular weight excluding hydrogens is 350 g/mol. The molecule has 0 unspecified atom stereocenters. The van der Waals surface area contributed by atoms with E-state index in [9.17, 15) is 13.2 Å². The van der Waals surface area contributed by atoms with Crippen molar-refractivity contribution < 1.29 is 13.2 Å². The molecule has 0 heterocycles. The Bertz CT molecular complexity index is 626.